The molecule has 0 amide bonds. The fourth-order valence-electron chi connectivity index (χ4n) is 1.16. The molecule has 0 aliphatic carbocycles. The Hall–Kier alpha value is -0.830. The van der Waals surface area contributed by atoms with Crippen molar-refractivity contribution >= 4 is 5.97 Å². The van der Waals surface area contributed by atoms with Gasteiger partial charge in [-0.2, -0.15) is 0 Å². The summed E-state index contributed by atoms with van der Waals surface area (Å²) in [6.45, 7) is 2.87. The Morgan fingerprint density at radius 1 is 1.45 bits per heavy atom. The molecule has 0 aromatic rings. The molecule has 1 rings (SSSR count). The molecule has 0 unspecified atom stereocenters. The Morgan fingerprint density at radius 2 is 2.09 bits per heavy atom. The van der Waals surface area contributed by atoms with Gasteiger partial charge in [0.2, 0.25) is 0 Å². The Bertz CT molecular complexity index is 157. The number of carboxylic acid groups (broad SMARTS) is 1. The highest BCUT2D eigenvalue weighted by atomic mass is 16.4. The molecule has 0 aromatic heterocycles. The SMILES string of the molecule is O=C(O)CCCN1CC=CC1. The standard InChI is InChI=1S/C8H13NO2/c10-8(11)4-3-7-9-5-1-2-6-9/h1-2H,3-7H2,(H,10,11). The zero-order valence-corrected chi connectivity index (χ0v) is 6.49. The quantitative estimate of drug-likeness (QED) is 0.608. The van der Waals surface area contributed by atoms with E-state index in [1.54, 1.807) is 0 Å². The lowest BCUT2D eigenvalue weighted by Gasteiger charge is -2.12. The molecule has 0 saturated carbocycles. The maximum Gasteiger partial charge on any atom is 0.303 e. The van der Waals surface area contributed by atoms with Gasteiger partial charge in [0, 0.05) is 19.5 Å². The number of aliphatic carboxylic acids is 1. The van der Waals surface area contributed by atoms with Crippen LogP contribution in [-0.4, -0.2) is 35.6 Å². The Balaban J connectivity index is 1.99. The highest BCUT2D eigenvalue weighted by molar-refractivity contribution is 5.66. The lowest BCUT2D eigenvalue weighted by atomic mass is 10.3. The van der Waals surface area contributed by atoms with E-state index in [-0.39, 0.29) is 6.42 Å². The zero-order valence-electron chi connectivity index (χ0n) is 6.49. The fraction of sp³-hybridized carbons (Fsp3) is 0.625. The number of hydrogen-bond donors (Lipinski definition) is 1. The highest BCUT2D eigenvalue weighted by Gasteiger charge is 2.05. The van der Waals surface area contributed by atoms with Crippen molar-refractivity contribution in [3.8, 4) is 0 Å². The molecule has 0 saturated heterocycles. The van der Waals surface area contributed by atoms with Crippen molar-refractivity contribution in [2.45, 2.75) is 12.8 Å². The summed E-state index contributed by atoms with van der Waals surface area (Å²) < 4.78 is 0. The van der Waals surface area contributed by atoms with Crippen molar-refractivity contribution in [3.63, 3.8) is 0 Å². The summed E-state index contributed by atoms with van der Waals surface area (Å²) in [5, 5.41) is 8.35. The monoisotopic (exact) mass is 155 g/mol. The first-order valence-electron chi connectivity index (χ1n) is 3.88. The average molecular weight is 155 g/mol. The molecular formula is C8H13NO2. The van der Waals surface area contributed by atoms with Gasteiger partial charge in [-0.25, -0.2) is 0 Å². The van der Waals surface area contributed by atoms with E-state index < -0.39 is 5.97 Å². The van der Waals surface area contributed by atoms with E-state index in [2.05, 4.69) is 17.1 Å². The van der Waals surface area contributed by atoms with Crippen LogP contribution in [0.2, 0.25) is 0 Å². The number of carbonyl (C=O) groups is 1. The molecule has 1 N–H and O–H groups in total. The number of hydrogen-bond acceptors (Lipinski definition) is 2. The summed E-state index contributed by atoms with van der Waals surface area (Å²) in [5.41, 5.74) is 0. The fourth-order valence-corrected chi connectivity index (χ4v) is 1.16. The van der Waals surface area contributed by atoms with Crippen LogP contribution in [-0.2, 0) is 4.79 Å². The first-order valence-corrected chi connectivity index (χ1v) is 3.88. The molecule has 1 aliphatic rings. The van der Waals surface area contributed by atoms with Crippen molar-refractivity contribution < 1.29 is 9.90 Å². The van der Waals surface area contributed by atoms with Crippen LogP contribution in [0.15, 0.2) is 12.2 Å². The minimum absolute atomic E-state index is 0.288. The van der Waals surface area contributed by atoms with Gasteiger partial charge in [-0.05, 0) is 13.0 Å². The van der Waals surface area contributed by atoms with Gasteiger partial charge in [-0.3, -0.25) is 9.69 Å². The molecule has 11 heavy (non-hydrogen) atoms. The smallest absolute Gasteiger partial charge is 0.303 e. The second-order valence-electron chi connectivity index (χ2n) is 2.73. The molecule has 0 atom stereocenters. The van der Waals surface area contributed by atoms with Crippen LogP contribution >= 0.6 is 0 Å². The zero-order chi connectivity index (χ0) is 8.10. The van der Waals surface area contributed by atoms with Crippen LogP contribution in [0.1, 0.15) is 12.8 Å². The molecule has 0 spiro atoms. The molecule has 3 nitrogen and oxygen atoms in total. The minimum atomic E-state index is -0.697. The summed E-state index contributed by atoms with van der Waals surface area (Å²) in [6, 6.07) is 0. The highest BCUT2D eigenvalue weighted by Crippen LogP contribution is 2.00. The maximum atomic E-state index is 10.1. The summed E-state index contributed by atoms with van der Waals surface area (Å²) in [7, 11) is 0. The maximum absolute atomic E-state index is 10.1. The lowest BCUT2D eigenvalue weighted by molar-refractivity contribution is -0.137. The summed E-state index contributed by atoms with van der Waals surface area (Å²) in [4.78, 5) is 12.4. The minimum Gasteiger partial charge on any atom is -0.481 e. The lowest BCUT2D eigenvalue weighted by Crippen LogP contribution is -2.21. The molecule has 1 aliphatic heterocycles. The van der Waals surface area contributed by atoms with Crippen LogP contribution in [0.3, 0.4) is 0 Å². The van der Waals surface area contributed by atoms with E-state index in [4.69, 9.17) is 5.11 Å². The number of nitrogens with zero attached hydrogens (tertiary/aromatic N) is 1. The Morgan fingerprint density at radius 3 is 2.64 bits per heavy atom. The third-order valence-electron chi connectivity index (χ3n) is 1.76. The van der Waals surface area contributed by atoms with Gasteiger partial charge in [0.15, 0.2) is 0 Å². The molecular weight excluding hydrogens is 142 g/mol. The third kappa shape index (κ3) is 3.18. The van der Waals surface area contributed by atoms with E-state index in [0.29, 0.717) is 0 Å². The van der Waals surface area contributed by atoms with Gasteiger partial charge in [0.25, 0.3) is 0 Å². The van der Waals surface area contributed by atoms with E-state index in [1.807, 2.05) is 0 Å². The number of carboxylic acids is 1. The molecule has 0 aromatic carbocycles. The van der Waals surface area contributed by atoms with Gasteiger partial charge in [-0.15, -0.1) is 0 Å². The summed E-state index contributed by atoms with van der Waals surface area (Å²) in [6.07, 6.45) is 5.27. The van der Waals surface area contributed by atoms with Gasteiger partial charge >= 0.3 is 5.97 Å². The molecule has 3 heteroatoms. The first kappa shape index (κ1) is 8.27. The Kier molecular flexibility index (Phi) is 3.11. The van der Waals surface area contributed by atoms with Crippen molar-refractivity contribution in [1.29, 1.82) is 0 Å². The molecule has 62 valence electrons. The van der Waals surface area contributed by atoms with Crippen LogP contribution in [0, 0.1) is 0 Å². The van der Waals surface area contributed by atoms with E-state index in [1.165, 1.54) is 0 Å². The van der Waals surface area contributed by atoms with Gasteiger partial charge in [0.05, 0.1) is 0 Å². The largest absolute Gasteiger partial charge is 0.481 e. The second kappa shape index (κ2) is 4.13. The van der Waals surface area contributed by atoms with Gasteiger partial charge in [-0.1, -0.05) is 12.2 Å². The molecule has 0 radical (unpaired) electrons. The predicted molar refractivity (Wildman–Crippen MR) is 42.4 cm³/mol. The van der Waals surface area contributed by atoms with Crippen LogP contribution in [0.4, 0.5) is 0 Å². The second-order valence-corrected chi connectivity index (χ2v) is 2.73. The van der Waals surface area contributed by atoms with Crippen molar-refractivity contribution in [2.24, 2.45) is 0 Å². The summed E-state index contributed by atoms with van der Waals surface area (Å²) in [5.74, 6) is -0.697. The van der Waals surface area contributed by atoms with E-state index in [0.717, 1.165) is 26.1 Å². The molecule has 1 heterocycles. The van der Waals surface area contributed by atoms with Gasteiger partial charge in [0.1, 0.15) is 0 Å². The van der Waals surface area contributed by atoms with E-state index >= 15 is 0 Å². The third-order valence-corrected chi connectivity index (χ3v) is 1.76. The normalized spacial score (nSPS) is 17.5. The van der Waals surface area contributed by atoms with Crippen molar-refractivity contribution in [1.82, 2.24) is 4.90 Å². The summed E-state index contributed by atoms with van der Waals surface area (Å²) >= 11 is 0. The van der Waals surface area contributed by atoms with Gasteiger partial charge < -0.3 is 5.11 Å². The number of rotatable bonds is 4. The topological polar surface area (TPSA) is 40.5 Å². The first-order chi connectivity index (χ1) is 5.29. The molecule has 0 bridgehead atoms. The van der Waals surface area contributed by atoms with Crippen LogP contribution < -0.4 is 0 Å². The molecule has 0 fully saturated rings. The van der Waals surface area contributed by atoms with Crippen molar-refractivity contribution in [3.05, 3.63) is 12.2 Å². The predicted octanol–water partition coefficient (Wildman–Crippen LogP) is 0.723. The van der Waals surface area contributed by atoms with E-state index in [9.17, 15) is 4.79 Å². The van der Waals surface area contributed by atoms with Crippen LogP contribution in [0.5, 0.6) is 0 Å². The Labute approximate surface area is 66.3 Å². The van der Waals surface area contributed by atoms with Crippen molar-refractivity contribution in [2.75, 3.05) is 19.6 Å². The average Bonchev–Trinajstić information content (AvgIpc) is 2.39. The van der Waals surface area contributed by atoms with Crippen LogP contribution in [0.25, 0.3) is 0 Å².